The fraction of sp³-hybridized carbons (Fsp3) is 0.500. The molecular formula is C12H18N2O. The number of nitrogens with two attached hydrogens (primary N) is 1. The van der Waals surface area contributed by atoms with Gasteiger partial charge in [-0.2, -0.15) is 0 Å². The molecule has 82 valence electrons. The van der Waals surface area contributed by atoms with E-state index in [0.717, 1.165) is 25.1 Å². The summed E-state index contributed by atoms with van der Waals surface area (Å²) in [5.74, 6) is 0.973. The molecule has 3 nitrogen and oxygen atoms in total. The minimum absolute atomic E-state index is 0.683. The minimum Gasteiger partial charge on any atom is -0.491 e. The average molecular weight is 206 g/mol. The Hall–Kier alpha value is -1.22. The molecule has 15 heavy (non-hydrogen) atoms. The molecule has 0 saturated carbocycles. The second-order valence-electron chi connectivity index (χ2n) is 3.81. The maximum atomic E-state index is 5.70. The van der Waals surface area contributed by atoms with Gasteiger partial charge in [0.05, 0.1) is 12.3 Å². The van der Waals surface area contributed by atoms with Crippen molar-refractivity contribution < 1.29 is 4.74 Å². The predicted octanol–water partition coefficient (Wildman–Crippen LogP) is 1.77. The molecule has 3 N–H and O–H groups in total. The molecule has 1 aromatic rings. The lowest BCUT2D eigenvalue weighted by molar-refractivity contribution is 0.314. The Balaban J connectivity index is 2.09. The van der Waals surface area contributed by atoms with Gasteiger partial charge in [-0.1, -0.05) is 12.1 Å². The van der Waals surface area contributed by atoms with Crippen molar-refractivity contribution in [2.24, 2.45) is 5.73 Å². The summed E-state index contributed by atoms with van der Waals surface area (Å²) < 4.78 is 5.70. The molecule has 3 heteroatoms. The van der Waals surface area contributed by atoms with Crippen molar-refractivity contribution in [1.29, 1.82) is 0 Å². The van der Waals surface area contributed by atoms with Crippen LogP contribution in [0.4, 0.5) is 5.69 Å². The molecule has 0 saturated heterocycles. The fourth-order valence-electron chi connectivity index (χ4n) is 1.86. The molecule has 0 aliphatic carbocycles. The van der Waals surface area contributed by atoms with Gasteiger partial charge in [0.15, 0.2) is 0 Å². The van der Waals surface area contributed by atoms with Gasteiger partial charge in [0.25, 0.3) is 0 Å². The van der Waals surface area contributed by atoms with E-state index in [4.69, 9.17) is 10.5 Å². The topological polar surface area (TPSA) is 47.3 Å². The summed E-state index contributed by atoms with van der Waals surface area (Å²) >= 11 is 0. The zero-order valence-corrected chi connectivity index (χ0v) is 8.96. The number of nitrogens with one attached hydrogen (secondary N) is 1. The quantitative estimate of drug-likeness (QED) is 0.738. The lowest BCUT2D eigenvalue weighted by Crippen LogP contribution is -2.14. The summed E-state index contributed by atoms with van der Waals surface area (Å²) in [6, 6.07) is 6.24. The van der Waals surface area contributed by atoms with Crippen LogP contribution in [0.2, 0.25) is 0 Å². The summed E-state index contributed by atoms with van der Waals surface area (Å²) in [6.45, 7) is 2.43. The first-order valence-electron chi connectivity index (χ1n) is 5.60. The summed E-state index contributed by atoms with van der Waals surface area (Å²) in [5, 5.41) is 3.40. The normalized spacial score (nSPS) is 14.2. The monoisotopic (exact) mass is 206 g/mol. The van der Waals surface area contributed by atoms with Gasteiger partial charge in [-0.15, -0.1) is 0 Å². The molecule has 0 bridgehead atoms. The SMILES string of the molecule is NCCCOc1cccc2c1NCCC2. The van der Waals surface area contributed by atoms with E-state index in [2.05, 4.69) is 17.4 Å². The highest BCUT2D eigenvalue weighted by molar-refractivity contribution is 5.63. The van der Waals surface area contributed by atoms with E-state index in [1.165, 1.54) is 17.7 Å². The first kappa shape index (κ1) is 10.3. The van der Waals surface area contributed by atoms with E-state index < -0.39 is 0 Å². The Kier molecular flexibility index (Phi) is 3.45. The van der Waals surface area contributed by atoms with Gasteiger partial charge in [0.2, 0.25) is 0 Å². The number of ether oxygens (including phenoxy) is 1. The highest BCUT2D eigenvalue weighted by atomic mass is 16.5. The van der Waals surface area contributed by atoms with Crippen LogP contribution in [0.5, 0.6) is 5.75 Å². The predicted molar refractivity (Wildman–Crippen MR) is 62.4 cm³/mol. The van der Waals surface area contributed by atoms with Crippen molar-refractivity contribution in [2.75, 3.05) is 25.0 Å². The lowest BCUT2D eigenvalue weighted by Gasteiger charge is -2.21. The fourth-order valence-corrected chi connectivity index (χ4v) is 1.86. The molecule has 1 aromatic carbocycles. The third-order valence-corrected chi connectivity index (χ3v) is 2.64. The minimum atomic E-state index is 0.683. The number of hydrogen-bond acceptors (Lipinski definition) is 3. The molecule has 0 aromatic heterocycles. The number of anilines is 1. The Bertz CT molecular complexity index is 325. The van der Waals surface area contributed by atoms with Crippen molar-refractivity contribution in [1.82, 2.24) is 0 Å². The zero-order chi connectivity index (χ0) is 10.5. The van der Waals surface area contributed by atoms with Crippen LogP contribution in [-0.2, 0) is 6.42 Å². The summed E-state index contributed by atoms with van der Waals surface area (Å²) in [4.78, 5) is 0. The van der Waals surface area contributed by atoms with Crippen LogP contribution in [0, 0.1) is 0 Å². The molecule has 1 aliphatic heterocycles. The maximum absolute atomic E-state index is 5.70. The first-order valence-corrected chi connectivity index (χ1v) is 5.60. The van der Waals surface area contributed by atoms with Crippen LogP contribution in [0.3, 0.4) is 0 Å². The smallest absolute Gasteiger partial charge is 0.142 e. The van der Waals surface area contributed by atoms with Crippen LogP contribution < -0.4 is 15.8 Å². The first-order chi connectivity index (χ1) is 7.42. The highest BCUT2D eigenvalue weighted by Gasteiger charge is 2.12. The van der Waals surface area contributed by atoms with Crippen LogP contribution in [0.15, 0.2) is 18.2 Å². The number of fused-ring (bicyclic) bond motifs is 1. The summed E-state index contributed by atoms with van der Waals surface area (Å²) in [6.07, 6.45) is 3.26. The maximum Gasteiger partial charge on any atom is 0.142 e. The van der Waals surface area contributed by atoms with E-state index >= 15 is 0 Å². The third-order valence-electron chi connectivity index (χ3n) is 2.64. The number of aryl methyl sites for hydroxylation is 1. The van der Waals surface area contributed by atoms with Crippen LogP contribution in [-0.4, -0.2) is 19.7 Å². The van der Waals surface area contributed by atoms with Crippen molar-refractivity contribution >= 4 is 5.69 Å². The van der Waals surface area contributed by atoms with Crippen molar-refractivity contribution in [3.63, 3.8) is 0 Å². The van der Waals surface area contributed by atoms with Gasteiger partial charge in [-0.3, -0.25) is 0 Å². The average Bonchev–Trinajstić information content (AvgIpc) is 2.30. The molecule has 0 spiro atoms. The Morgan fingerprint density at radius 3 is 3.20 bits per heavy atom. The summed E-state index contributed by atoms with van der Waals surface area (Å²) in [5.41, 5.74) is 7.98. The van der Waals surface area contributed by atoms with E-state index in [-0.39, 0.29) is 0 Å². The second kappa shape index (κ2) is 5.03. The van der Waals surface area contributed by atoms with Crippen LogP contribution >= 0.6 is 0 Å². The Labute approximate surface area is 90.6 Å². The van der Waals surface area contributed by atoms with E-state index in [9.17, 15) is 0 Å². The van der Waals surface area contributed by atoms with Gasteiger partial charge >= 0.3 is 0 Å². The van der Waals surface area contributed by atoms with Crippen molar-refractivity contribution in [3.8, 4) is 5.75 Å². The van der Waals surface area contributed by atoms with Gasteiger partial charge in [0.1, 0.15) is 5.75 Å². The second-order valence-corrected chi connectivity index (χ2v) is 3.81. The number of benzene rings is 1. The molecule has 1 aliphatic rings. The molecule has 0 unspecified atom stereocenters. The van der Waals surface area contributed by atoms with Gasteiger partial charge in [-0.05, 0) is 37.4 Å². The third kappa shape index (κ3) is 2.42. The Morgan fingerprint density at radius 1 is 1.40 bits per heavy atom. The molecule has 0 atom stereocenters. The zero-order valence-electron chi connectivity index (χ0n) is 8.96. The van der Waals surface area contributed by atoms with Crippen LogP contribution in [0.1, 0.15) is 18.4 Å². The molecule has 0 radical (unpaired) electrons. The highest BCUT2D eigenvalue weighted by Crippen LogP contribution is 2.31. The molecule has 1 heterocycles. The van der Waals surface area contributed by atoms with Crippen molar-refractivity contribution in [2.45, 2.75) is 19.3 Å². The summed E-state index contributed by atoms with van der Waals surface area (Å²) in [7, 11) is 0. The number of rotatable bonds is 4. The number of para-hydroxylation sites is 1. The molecule has 2 rings (SSSR count). The van der Waals surface area contributed by atoms with E-state index in [1.807, 2.05) is 6.07 Å². The Morgan fingerprint density at radius 2 is 2.33 bits per heavy atom. The van der Waals surface area contributed by atoms with E-state index in [1.54, 1.807) is 0 Å². The lowest BCUT2D eigenvalue weighted by atomic mass is 10.0. The van der Waals surface area contributed by atoms with Gasteiger partial charge in [0, 0.05) is 6.54 Å². The largest absolute Gasteiger partial charge is 0.491 e. The standard InChI is InChI=1S/C12H18N2O/c13-7-3-9-15-11-6-1-4-10-5-2-8-14-12(10)11/h1,4,6,14H,2-3,5,7-9,13H2. The van der Waals surface area contributed by atoms with Crippen LogP contribution in [0.25, 0.3) is 0 Å². The number of hydrogen-bond donors (Lipinski definition) is 2. The molecule has 0 amide bonds. The molecular weight excluding hydrogens is 188 g/mol. The van der Waals surface area contributed by atoms with Gasteiger partial charge < -0.3 is 15.8 Å². The van der Waals surface area contributed by atoms with E-state index in [0.29, 0.717) is 13.2 Å². The molecule has 0 fully saturated rings. The van der Waals surface area contributed by atoms with Crippen molar-refractivity contribution in [3.05, 3.63) is 23.8 Å². The van der Waals surface area contributed by atoms with Gasteiger partial charge in [-0.25, -0.2) is 0 Å².